The predicted molar refractivity (Wildman–Crippen MR) is 93.4 cm³/mol. The number of aliphatic hydroxyl groups is 1. The molecule has 0 aliphatic rings. The lowest BCUT2D eigenvalue weighted by Crippen LogP contribution is -2.28. The molecular weight excluding hydrogens is 364 g/mol. The first kappa shape index (κ1) is 17.5. The highest BCUT2D eigenvalue weighted by Gasteiger charge is 2.15. The highest BCUT2D eigenvalue weighted by atomic mass is 35.5. The maximum Gasteiger partial charge on any atom is 0.287 e. The number of furan rings is 1. The Morgan fingerprint density at radius 1 is 1.36 bits per heavy atom. The van der Waals surface area contributed by atoms with Crippen LogP contribution in [0.5, 0.6) is 0 Å². The zero-order valence-corrected chi connectivity index (χ0v) is 14.5. The van der Waals surface area contributed by atoms with Crippen LogP contribution in [0.2, 0.25) is 5.02 Å². The predicted octanol–water partition coefficient (Wildman–Crippen LogP) is 2.81. The summed E-state index contributed by atoms with van der Waals surface area (Å²) in [6.07, 6.45) is 0.530. The van der Waals surface area contributed by atoms with Gasteiger partial charge in [-0.2, -0.15) is 5.10 Å². The number of aromatic nitrogens is 3. The molecule has 25 heavy (non-hydrogen) atoms. The van der Waals surface area contributed by atoms with E-state index >= 15 is 0 Å². The number of hydrogen-bond acceptors (Lipinski definition) is 6. The van der Waals surface area contributed by atoms with E-state index in [0.29, 0.717) is 27.3 Å². The fourth-order valence-electron chi connectivity index (χ4n) is 2.11. The summed E-state index contributed by atoms with van der Waals surface area (Å²) >= 11 is 7.44. The molecule has 0 fully saturated rings. The largest absolute Gasteiger partial charge is 0.455 e. The first-order valence-electron chi connectivity index (χ1n) is 7.41. The van der Waals surface area contributed by atoms with Gasteiger partial charge in [0.25, 0.3) is 5.91 Å². The van der Waals surface area contributed by atoms with E-state index < -0.39 is 12.0 Å². The van der Waals surface area contributed by atoms with Crippen LogP contribution in [0.4, 0.5) is 0 Å². The Labute approximate surface area is 152 Å². The van der Waals surface area contributed by atoms with Crippen molar-refractivity contribution in [3.8, 4) is 0 Å². The van der Waals surface area contributed by atoms with Crippen LogP contribution in [0.1, 0.15) is 28.0 Å². The van der Waals surface area contributed by atoms with Crippen molar-refractivity contribution in [2.24, 2.45) is 0 Å². The zero-order valence-electron chi connectivity index (χ0n) is 13.0. The van der Waals surface area contributed by atoms with Gasteiger partial charge >= 0.3 is 0 Å². The molecule has 0 radical (unpaired) electrons. The minimum atomic E-state index is -0.894. The van der Waals surface area contributed by atoms with E-state index in [0.717, 1.165) is 0 Å². The third kappa shape index (κ3) is 4.62. The van der Waals surface area contributed by atoms with E-state index in [1.54, 1.807) is 36.4 Å². The fourth-order valence-corrected chi connectivity index (χ4v) is 3.05. The third-order valence-corrected chi connectivity index (χ3v) is 4.59. The van der Waals surface area contributed by atoms with Gasteiger partial charge in [-0.25, -0.2) is 4.98 Å². The van der Waals surface area contributed by atoms with Gasteiger partial charge in [-0.15, -0.1) is 0 Å². The van der Waals surface area contributed by atoms with Crippen LogP contribution < -0.4 is 5.32 Å². The molecule has 0 saturated heterocycles. The molecule has 0 saturated carbocycles. The number of aliphatic hydroxyl groups excluding tert-OH is 1. The van der Waals surface area contributed by atoms with Crippen molar-refractivity contribution in [3.05, 3.63) is 64.8 Å². The van der Waals surface area contributed by atoms with E-state index in [2.05, 4.69) is 20.5 Å². The van der Waals surface area contributed by atoms with Crippen molar-refractivity contribution in [2.75, 3.05) is 6.54 Å². The minimum Gasteiger partial charge on any atom is -0.455 e. The van der Waals surface area contributed by atoms with Gasteiger partial charge in [0.15, 0.2) is 10.9 Å². The highest BCUT2D eigenvalue weighted by Crippen LogP contribution is 2.22. The number of benzene rings is 1. The second kappa shape index (κ2) is 8.19. The number of halogens is 1. The average Bonchev–Trinajstić information content (AvgIpc) is 3.29. The summed E-state index contributed by atoms with van der Waals surface area (Å²) in [5.41, 5.74) is 0.563. The van der Waals surface area contributed by atoms with E-state index in [-0.39, 0.29) is 12.3 Å². The van der Waals surface area contributed by atoms with Crippen molar-refractivity contribution in [3.63, 3.8) is 0 Å². The maximum absolute atomic E-state index is 12.1. The molecule has 3 N–H and O–H groups in total. The molecule has 1 amide bonds. The summed E-state index contributed by atoms with van der Waals surface area (Å²) in [4.78, 5) is 16.1. The van der Waals surface area contributed by atoms with E-state index in [4.69, 9.17) is 16.0 Å². The van der Waals surface area contributed by atoms with Crippen molar-refractivity contribution in [1.82, 2.24) is 20.5 Å². The van der Waals surface area contributed by atoms with Gasteiger partial charge in [-0.3, -0.25) is 9.89 Å². The Balaban J connectivity index is 1.52. The lowest BCUT2D eigenvalue weighted by molar-refractivity contribution is 0.0887. The topological polar surface area (TPSA) is 104 Å². The molecule has 0 bridgehead atoms. The minimum absolute atomic E-state index is 0.0331. The molecular formula is C16H15ClN4O3S. The quantitative estimate of drug-likeness (QED) is 0.546. The van der Waals surface area contributed by atoms with Gasteiger partial charge < -0.3 is 14.8 Å². The summed E-state index contributed by atoms with van der Waals surface area (Å²) in [6.45, 7) is 0.0331. The molecule has 2 aromatic heterocycles. The van der Waals surface area contributed by atoms with Crippen molar-refractivity contribution in [2.45, 2.75) is 17.0 Å². The number of carbonyl (C=O) groups is 1. The number of hydrogen-bond donors (Lipinski definition) is 3. The normalized spacial score (nSPS) is 12.1. The summed E-state index contributed by atoms with van der Waals surface area (Å²) in [5, 5.41) is 20.4. The van der Waals surface area contributed by atoms with E-state index in [1.165, 1.54) is 18.1 Å². The highest BCUT2D eigenvalue weighted by molar-refractivity contribution is 7.98. The fraction of sp³-hybridized carbons (Fsp3) is 0.188. The molecule has 7 nitrogen and oxygen atoms in total. The number of nitrogens with zero attached hydrogens (tertiary/aromatic N) is 2. The molecule has 2 heterocycles. The Bertz CT molecular complexity index is 838. The van der Waals surface area contributed by atoms with Gasteiger partial charge in [0.2, 0.25) is 0 Å². The summed E-state index contributed by atoms with van der Waals surface area (Å²) in [6, 6.07) is 10.3. The zero-order chi connectivity index (χ0) is 17.6. The lowest BCUT2D eigenvalue weighted by atomic mass is 10.1. The number of H-pyrrole nitrogens is 1. The Hall–Kier alpha value is -2.29. The Kier molecular flexibility index (Phi) is 5.75. The van der Waals surface area contributed by atoms with Gasteiger partial charge in [-0.05, 0) is 18.2 Å². The molecule has 1 atom stereocenters. The molecule has 3 rings (SSSR count). The number of nitrogens with one attached hydrogen (secondary N) is 2. The van der Waals surface area contributed by atoms with Crippen LogP contribution >= 0.6 is 23.4 Å². The smallest absolute Gasteiger partial charge is 0.287 e. The van der Waals surface area contributed by atoms with Crippen LogP contribution in [0.25, 0.3) is 0 Å². The van der Waals surface area contributed by atoms with Crippen LogP contribution in [0.15, 0.2) is 52.3 Å². The molecule has 1 aromatic carbocycles. The van der Waals surface area contributed by atoms with Gasteiger partial charge in [0.1, 0.15) is 12.1 Å². The summed E-state index contributed by atoms with van der Waals surface area (Å²) < 4.78 is 5.50. The van der Waals surface area contributed by atoms with Crippen molar-refractivity contribution < 1.29 is 14.3 Å². The molecule has 3 aromatic rings. The van der Waals surface area contributed by atoms with Crippen molar-refractivity contribution in [1.29, 1.82) is 0 Å². The Morgan fingerprint density at radius 3 is 2.96 bits per heavy atom. The maximum atomic E-state index is 12.1. The third-order valence-electron chi connectivity index (χ3n) is 3.35. The van der Waals surface area contributed by atoms with E-state index in [1.807, 2.05) is 0 Å². The first-order chi connectivity index (χ1) is 12.1. The van der Waals surface area contributed by atoms with Gasteiger partial charge in [-0.1, -0.05) is 41.6 Å². The monoisotopic (exact) mass is 378 g/mol. The van der Waals surface area contributed by atoms with Crippen molar-refractivity contribution >= 4 is 29.3 Å². The Morgan fingerprint density at radius 2 is 2.20 bits per heavy atom. The van der Waals surface area contributed by atoms with Crippen LogP contribution in [-0.4, -0.2) is 32.7 Å². The second-order valence-corrected chi connectivity index (χ2v) is 6.46. The molecule has 130 valence electrons. The van der Waals surface area contributed by atoms with Crippen LogP contribution in [0, 0.1) is 0 Å². The number of aromatic amines is 1. The second-order valence-electron chi connectivity index (χ2n) is 5.09. The van der Waals surface area contributed by atoms with Gasteiger partial charge in [0.05, 0.1) is 11.9 Å². The summed E-state index contributed by atoms with van der Waals surface area (Å²) in [7, 11) is 0. The number of thioether (sulfide) groups is 1. The average molecular weight is 379 g/mol. The summed E-state index contributed by atoms with van der Waals surface area (Å²) in [5.74, 6) is 0.935. The van der Waals surface area contributed by atoms with Crippen LogP contribution in [-0.2, 0) is 5.75 Å². The molecule has 0 aliphatic carbocycles. The molecule has 9 heteroatoms. The molecule has 0 unspecified atom stereocenters. The molecule has 0 spiro atoms. The number of carbonyl (C=O) groups excluding carboxylic acids is 1. The van der Waals surface area contributed by atoms with Crippen LogP contribution in [0.3, 0.4) is 0 Å². The molecule has 0 aliphatic heterocycles. The standard InChI is InChI=1S/C16H15ClN4O3S/c17-12-4-2-1-3-11(12)13(22)7-18-15(23)14-6-5-10(24-14)8-25-16-19-9-20-21-16/h1-6,9,13,22H,7-8H2,(H,18,23)(H,19,20,21)/t13-/m1/s1. The number of rotatable bonds is 7. The number of amides is 1. The van der Waals surface area contributed by atoms with E-state index in [9.17, 15) is 9.90 Å². The SMILES string of the molecule is O=C(NC[C@@H](O)c1ccccc1Cl)c1ccc(CSc2ncn[nH]2)o1. The van der Waals surface area contributed by atoms with Gasteiger partial charge in [0, 0.05) is 17.1 Å². The lowest BCUT2D eigenvalue weighted by Gasteiger charge is -2.13. The first-order valence-corrected chi connectivity index (χ1v) is 8.77.